The zero-order chi connectivity index (χ0) is 28.9. The van der Waals surface area contributed by atoms with Gasteiger partial charge in [0.15, 0.2) is 11.6 Å². The molecule has 0 aromatic rings. The Balaban J connectivity index is 2.28. The molecule has 1 aliphatic rings. The second kappa shape index (κ2) is 20.4. The first-order valence-corrected chi connectivity index (χ1v) is 13.5. The Morgan fingerprint density at radius 3 is 1.97 bits per heavy atom. The molecule has 4 unspecified atom stereocenters. The van der Waals surface area contributed by atoms with Crippen LogP contribution in [0.5, 0.6) is 0 Å². The molecular weight excluding hydrogens is 490 g/mol. The zero-order valence-corrected chi connectivity index (χ0v) is 23.2. The summed E-state index contributed by atoms with van der Waals surface area (Å²) in [4.78, 5) is 34.8. The van der Waals surface area contributed by atoms with Crippen LogP contribution >= 0.6 is 0 Å². The minimum Gasteiger partial charge on any atom is -0.392 e. The van der Waals surface area contributed by atoms with Crippen molar-refractivity contribution in [1.82, 2.24) is 5.32 Å². The Morgan fingerprint density at radius 1 is 0.795 bits per heavy atom. The minimum atomic E-state index is -0.993. The van der Waals surface area contributed by atoms with Crippen LogP contribution in [-0.4, -0.2) is 45.9 Å². The number of ketones is 2. The van der Waals surface area contributed by atoms with Gasteiger partial charge in [0, 0.05) is 30.8 Å². The lowest BCUT2D eigenvalue weighted by Crippen LogP contribution is -2.41. The quantitative estimate of drug-likeness (QED) is 0.0832. The molecule has 1 aliphatic carbocycles. The summed E-state index contributed by atoms with van der Waals surface area (Å²) in [6.07, 6.45) is 33.6. The molecule has 39 heavy (non-hydrogen) atoms. The summed E-state index contributed by atoms with van der Waals surface area (Å²) in [7, 11) is 0. The molecule has 4 atom stereocenters. The van der Waals surface area contributed by atoms with E-state index in [4.69, 9.17) is 0 Å². The average molecular weight is 534 g/mol. The Kier molecular flexibility index (Phi) is 17.5. The van der Waals surface area contributed by atoms with Gasteiger partial charge in [-0.15, -0.1) is 0 Å². The van der Waals surface area contributed by atoms with Crippen molar-refractivity contribution in [2.24, 2.45) is 11.8 Å². The lowest BCUT2D eigenvalue weighted by molar-refractivity contribution is -0.129. The van der Waals surface area contributed by atoms with Gasteiger partial charge in [0.05, 0.1) is 12.2 Å². The van der Waals surface area contributed by atoms with Crippen molar-refractivity contribution in [3.05, 3.63) is 109 Å². The van der Waals surface area contributed by atoms with Crippen LogP contribution in [0.1, 0.15) is 46.5 Å². The number of aliphatic hydroxyl groups excluding tert-OH is 2. The Morgan fingerprint density at radius 2 is 1.33 bits per heavy atom. The van der Waals surface area contributed by atoms with Gasteiger partial charge in [0.2, 0.25) is 5.91 Å². The number of unbranched alkanes of at least 4 members (excludes halogenated alkanes) is 1. The third-order valence-corrected chi connectivity index (χ3v) is 6.10. The predicted molar refractivity (Wildman–Crippen MR) is 159 cm³/mol. The monoisotopic (exact) mass is 533 g/mol. The minimum absolute atomic E-state index is 0.0781. The SMILES string of the molecule is CC=CC=CC=CC=CC(O)C(C)C(O)C(C)C=CCCC=C/C=C/C=CC=CC(=O)NC1C(=O)CCC1=O. The maximum atomic E-state index is 11.8. The number of amides is 1. The van der Waals surface area contributed by atoms with E-state index in [1.807, 2.05) is 93.7 Å². The molecule has 3 N–H and O–H groups in total. The number of rotatable bonds is 16. The summed E-state index contributed by atoms with van der Waals surface area (Å²) in [5, 5.41) is 23.3. The van der Waals surface area contributed by atoms with Crippen molar-refractivity contribution in [3.63, 3.8) is 0 Å². The van der Waals surface area contributed by atoms with Crippen molar-refractivity contribution in [2.45, 2.75) is 64.7 Å². The van der Waals surface area contributed by atoms with Crippen molar-refractivity contribution in [1.29, 1.82) is 0 Å². The topological polar surface area (TPSA) is 104 Å². The molecule has 6 nitrogen and oxygen atoms in total. The molecule has 0 aliphatic heterocycles. The van der Waals surface area contributed by atoms with E-state index in [0.29, 0.717) is 0 Å². The van der Waals surface area contributed by atoms with Gasteiger partial charge in [0.1, 0.15) is 6.04 Å². The molecule has 0 aromatic heterocycles. The zero-order valence-electron chi connectivity index (χ0n) is 23.2. The molecule has 0 heterocycles. The van der Waals surface area contributed by atoms with E-state index in [9.17, 15) is 24.6 Å². The summed E-state index contributed by atoms with van der Waals surface area (Å²) >= 11 is 0. The van der Waals surface area contributed by atoms with E-state index in [2.05, 4.69) is 5.32 Å². The largest absolute Gasteiger partial charge is 0.392 e. The Labute approximate surface area is 233 Å². The summed E-state index contributed by atoms with van der Waals surface area (Å²) in [5.41, 5.74) is 0. The lowest BCUT2D eigenvalue weighted by atomic mass is 9.88. The Bertz CT molecular complexity index is 1020. The molecule has 0 bridgehead atoms. The molecule has 210 valence electrons. The van der Waals surface area contributed by atoms with E-state index in [0.717, 1.165) is 12.8 Å². The highest BCUT2D eigenvalue weighted by atomic mass is 16.3. The fraction of sp³-hybridized carbons (Fsp3) is 0.364. The number of nitrogens with one attached hydrogen (secondary N) is 1. The first kappa shape index (κ1) is 33.4. The summed E-state index contributed by atoms with van der Waals surface area (Å²) in [6, 6.07) is -0.993. The van der Waals surface area contributed by atoms with Gasteiger partial charge in [-0.2, -0.15) is 0 Å². The van der Waals surface area contributed by atoms with Gasteiger partial charge in [-0.1, -0.05) is 117 Å². The highest BCUT2D eigenvalue weighted by Gasteiger charge is 2.33. The van der Waals surface area contributed by atoms with Crippen molar-refractivity contribution in [2.75, 3.05) is 0 Å². The molecule has 6 heteroatoms. The van der Waals surface area contributed by atoms with E-state index in [1.165, 1.54) is 6.08 Å². The fourth-order valence-corrected chi connectivity index (χ4v) is 3.66. The number of Topliss-reactive ketones (excluding diaryl/α,β-unsaturated/α-hetero) is 2. The second-order valence-electron chi connectivity index (χ2n) is 9.32. The molecule has 1 saturated carbocycles. The molecule has 1 fully saturated rings. The fourth-order valence-electron chi connectivity index (χ4n) is 3.66. The van der Waals surface area contributed by atoms with Gasteiger partial charge in [0.25, 0.3) is 0 Å². The third kappa shape index (κ3) is 14.8. The lowest BCUT2D eigenvalue weighted by Gasteiger charge is -2.25. The summed E-state index contributed by atoms with van der Waals surface area (Å²) < 4.78 is 0. The summed E-state index contributed by atoms with van der Waals surface area (Å²) in [5.74, 6) is -1.31. The van der Waals surface area contributed by atoms with Gasteiger partial charge in [-0.05, 0) is 19.8 Å². The van der Waals surface area contributed by atoms with Crippen molar-refractivity contribution >= 4 is 17.5 Å². The number of hydrogen-bond acceptors (Lipinski definition) is 5. The molecular formula is C33H43NO5. The number of aliphatic hydroxyl groups is 2. The maximum Gasteiger partial charge on any atom is 0.244 e. The van der Waals surface area contributed by atoms with Gasteiger partial charge in [-0.25, -0.2) is 0 Å². The van der Waals surface area contributed by atoms with Crippen LogP contribution in [0.3, 0.4) is 0 Å². The molecule has 0 aromatic carbocycles. The Hall–Kier alpha value is -3.61. The van der Waals surface area contributed by atoms with Crippen LogP contribution in [0.2, 0.25) is 0 Å². The number of carbonyl (C=O) groups is 3. The van der Waals surface area contributed by atoms with Crippen LogP contribution in [0, 0.1) is 11.8 Å². The van der Waals surface area contributed by atoms with Crippen LogP contribution in [0.25, 0.3) is 0 Å². The van der Waals surface area contributed by atoms with Gasteiger partial charge < -0.3 is 15.5 Å². The second-order valence-corrected chi connectivity index (χ2v) is 9.32. The predicted octanol–water partition coefficient (Wildman–Crippen LogP) is 5.20. The average Bonchev–Trinajstić information content (AvgIpc) is 3.23. The highest BCUT2D eigenvalue weighted by molar-refractivity contribution is 6.14. The first-order chi connectivity index (χ1) is 18.8. The molecule has 1 amide bonds. The first-order valence-electron chi connectivity index (χ1n) is 13.5. The normalized spacial score (nSPS) is 19.2. The standard InChI is InChI=1S/C33H43NO5/c1-4-5-6-7-12-16-19-22-28(35)27(3)33(39)26(2)21-18-15-13-10-8-9-11-14-17-20-23-31(38)34-32-29(36)24-25-30(32)37/h4-12,14,16-23,26-28,32-33,35,39H,13,15,24-25H2,1-3H3,(H,34,38)/b5-4?,7-6?,10-8?,11-9+,16-12?,17-14?,21-18?,22-19?,23-20?. The van der Waals surface area contributed by atoms with Crippen LogP contribution in [-0.2, 0) is 14.4 Å². The molecule has 0 saturated heterocycles. The van der Waals surface area contributed by atoms with E-state index in [-0.39, 0.29) is 36.2 Å². The van der Waals surface area contributed by atoms with Gasteiger partial charge >= 0.3 is 0 Å². The van der Waals surface area contributed by atoms with Crippen LogP contribution < -0.4 is 5.32 Å². The van der Waals surface area contributed by atoms with E-state index < -0.39 is 24.2 Å². The van der Waals surface area contributed by atoms with E-state index >= 15 is 0 Å². The number of hydrogen-bond donors (Lipinski definition) is 3. The number of carbonyl (C=O) groups excluding carboxylic acids is 3. The highest BCUT2D eigenvalue weighted by Crippen LogP contribution is 2.19. The van der Waals surface area contributed by atoms with Crippen molar-refractivity contribution in [3.8, 4) is 0 Å². The molecule has 0 spiro atoms. The summed E-state index contributed by atoms with van der Waals surface area (Å²) in [6.45, 7) is 5.74. The maximum absolute atomic E-state index is 11.8. The van der Waals surface area contributed by atoms with Crippen LogP contribution in [0.4, 0.5) is 0 Å². The van der Waals surface area contributed by atoms with E-state index in [1.54, 1.807) is 30.4 Å². The van der Waals surface area contributed by atoms with Crippen molar-refractivity contribution < 1.29 is 24.6 Å². The smallest absolute Gasteiger partial charge is 0.244 e. The molecule has 0 radical (unpaired) electrons. The third-order valence-electron chi connectivity index (χ3n) is 6.10. The molecule has 1 rings (SSSR count). The van der Waals surface area contributed by atoms with Crippen LogP contribution in [0.15, 0.2) is 109 Å². The van der Waals surface area contributed by atoms with Gasteiger partial charge in [-0.3, -0.25) is 14.4 Å². The number of allylic oxidation sites excluding steroid dienone is 15.